The predicted molar refractivity (Wildman–Crippen MR) is 103 cm³/mol. The minimum Gasteiger partial charge on any atom is -0.492 e. The first-order valence-electron chi connectivity index (χ1n) is 8.18. The smallest absolute Gasteiger partial charge is 0.276 e. The number of carbonyl (C=O) groups excluding carboxylic acids is 1. The summed E-state index contributed by atoms with van der Waals surface area (Å²) in [5.41, 5.74) is 1.88. The second-order valence-corrected chi connectivity index (χ2v) is 6.72. The quantitative estimate of drug-likeness (QED) is 0.619. The van der Waals surface area contributed by atoms with Crippen molar-refractivity contribution in [2.45, 2.75) is 6.92 Å². The minimum absolute atomic E-state index is 0.180. The van der Waals surface area contributed by atoms with E-state index in [1.807, 2.05) is 61.5 Å². The number of amides is 1. The van der Waals surface area contributed by atoms with Gasteiger partial charge < -0.3 is 9.64 Å². The molecule has 3 rings (SSSR count). The van der Waals surface area contributed by atoms with Gasteiger partial charge >= 0.3 is 0 Å². The largest absolute Gasteiger partial charge is 0.492 e. The lowest BCUT2D eigenvalue weighted by Gasteiger charge is -2.16. The van der Waals surface area contributed by atoms with Crippen molar-refractivity contribution in [3.8, 4) is 11.4 Å². The van der Waals surface area contributed by atoms with Gasteiger partial charge in [-0.25, -0.2) is 4.68 Å². The van der Waals surface area contributed by atoms with E-state index in [1.165, 1.54) is 0 Å². The summed E-state index contributed by atoms with van der Waals surface area (Å²) in [6.07, 6.45) is 0. The number of halogens is 1. The van der Waals surface area contributed by atoms with E-state index in [-0.39, 0.29) is 5.91 Å². The summed E-state index contributed by atoms with van der Waals surface area (Å²) in [5.74, 6) is 0.602. The number of para-hydroxylation sites is 1. The molecule has 3 aromatic rings. The number of benzene rings is 2. The third-order valence-corrected chi connectivity index (χ3v) is 4.43. The highest BCUT2D eigenvalue weighted by Gasteiger charge is 2.20. The fourth-order valence-corrected chi connectivity index (χ4v) is 2.87. The fourth-order valence-electron chi connectivity index (χ4n) is 2.48. The second-order valence-electron chi connectivity index (χ2n) is 5.80. The zero-order valence-electron chi connectivity index (χ0n) is 14.6. The molecule has 0 saturated carbocycles. The Balaban J connectivity index is 1.66. The SMILES string of the molecule is Cc1c(C(=O)N(C)CCOc2ccccc2)nnn1-c1cccc(Br)c1. The van der Waals surface area contributed by atoms with Gasteiger partial charge in [-0.2, -0.15) is 0 Å². The highest BCUT2D eigenvalue weighted by atomic mass is 79.9. The van der Waals surface area contributed by atoms with Crippen LogP contribution in [0.5, 0.6) is 5.75 Å². The van der Waals surface area contributed by atoms with E-state index >= 15 is 0 Å². The Morgan fingerprint density at radius 3 is 2.69 bits per heavy atom. The average molecular weight is 415 g/mol. The Morgan fingerprint density at radius 1 is 1.19 bits per heavy atom. The normalized spacial score (nSPS) is 10.6. The average Bonchev–Trinajstić information content (AvgIpc) is 3.03. The first-order valence-corrected chi connectivity index (χ1v) is 8.97. The van der Waals surface area contributed by atoms with Crippen LogP contribution in [-0.2, 0) is 0 Å². The van der Waals surface area contributed by atoms with Crippen molar-refractivity contribution in [3.05, 3.63) is 70.5 Å². The molecule has 0 N–H and O–H groups in total. The zero-order chi connectivity index (χ0) is 18.5. The highest BCUT2D eigenvalue weighted by Crippen LogP contribution is 2.18. The van der Waals surface area contributed by atoms with Crippen molar-refractivity contribution in [1.29, 1.82) is 0 Å². The molecule has 0 bridgehead atoms. The molecule has 0 saturated heterocycles. The summed E-state index contributed by atoms with van der Waals surface area (Å²) in [5, 5.41) is 8.20. The van der Waals surface area contributed by atoms with Crippen LogP contribution >= 0.6 is 15.9 Å². The van der Waals surface area contributed by atoms with Crippen molar-refractivity contribution in [2.24, 2.45) is 0 Å². The molecule has 26 heavy (non-hydrogen) atoms. The lowest BCUT2D eigenvalue weighted by atomic mass is 10.2. The van der Waals surface area contributed by atoms with Gasteiger partial charge in [0.1, 0.15) is 12.4 Å². The Hall–Kier alpha value is -2.67. The van der Waals surface area contributed by atoms with Crippen LogP contribution in [0.3, 0.4) is 0 Å². The molecule has 6 nitrogen and oxygen atoms in total. The number of hydrogen-bond donors (Lipinski definition) is 0. The Kier molecular flexibility index (Phi) is 5.68. The maximum absolute atomic E-state index is 12.7. The lowest BCUT2D eigenvalue weighted by molar-refractivity contribution is 0.0767. The molecule has 1 amide bonds. The third-order valence-electron chi connectivity index (χ3n) is 3.94. The number of aromatic nitrogens is 3. The van der Waals surface area contributed by atoms with Crippen LogP contribution in [0.25, 0.3) is 5.69 Å². The van der Waals surface area contributed by atoms with Gasteiger partial charge in [-0.05, 0) is 37.3 Å². The monoisotopic (exact) mass is 414 g/mol. The molecule has 0 aliphatic heterocycles. The van der Waals surface area contributed by atoms with Gasteiger partial charge in [0.2, 0.25) is 0 Å². The van der Waals surface area contributed by atoms with E-state index in [9.17, 15) is 4.79 Å². The van der Waals surface area contributed by atoms with Crippen LogP contribution in [0.4, 0.5) is 0 Å². The van der Waals surface area contributed by atoms with E-state index in [2.05, 4.69) is 26.2 Å². The molecule has 0 fully saturated rings. The van der Waals surface area contributed by atoms with Crippen molar-refractivity contribution in [2.75, 3.05) is 20.2 Å². The molecule has 1 aromatic heterocycles. The summed E-state index contributed by atoms with van der Waals surface area (Å²) in [4.78, 5) is 14.3. The Morgan fingerprint density at radius 2 is 1.96 bits per heavy atom. The molecule has 0 aliphatic carbocycles. The molecule has 7 heteroatoms. The van der Waals surface area contributed by atoms with Gasteiger partial charge in [0, 0.05) is 11.5 Å². The van der Waals surface area contributed by atoms with Crippen molar-refractivity contribution < 1.29 is 9.53 Å². The highest BCUT2D eigenvalue weighted by molar-refractivity contribution is 9.10. The third kappa shape index (κ3) is 4.11. The van der Waals surface area contributed by atoms with Crippen molar-refractivity contribution >= 4 is 21.8 Å². The van der Waals surface area contributed by atoms with E-state index in [0.717, 1.165) is 15.9 Å². The fraction of sp³-hybridized carbons (Fsp3) is 0.211. The van der Waals surface area contributed by atoms with Gasteiger partial charge in [0.25, 0.3) is 5.91 Å². The standard InChI is InChI=1S/C19H19BrN4O2/c1-14-18(21-22-24(14)16-8-6-7-15(20)13-16)19(25)23(2)11-12-26-17-9-4-3-5-10-17/h3-10,13H,11-12H2,1-2H3. The van der Waals surface area contributed by atoms with Gasteiger partial charge in [0.15, 0.2) is 5.69 Å². The van der Waals surface area contributed by atoms with Gasteiger partial charge in [0.05, 0.1) is 17.9 Å². The first kappa shape index (κ1) is 18.1. The van der Waals surface area contributed by atoms with E-state index < -0.39 is 0 Å². The van der Waals surface area contributed by atoms with Crippen molar-refractivity contribution in [3.63, 3.8) is 0 Å². The van der Waals surface area contributed by atoms with Crippen LogP contribution in [0.1, 0.15) is 16.2 Å². The molecule has 1 heterocycles. The Bertz CT molecular complexity index is 896. The maximum Gasteiger partial charge on any atom is 0.276 e. The first-order chi connectivity index (χ1) is 12.6. The molecule has 0 spiro atoms. The van der Waals surface area contributed by atoms with E-state index in [0.29, 0.717) is 24.5 Å². The summed E-state index contributed by atoms with van der Waals surface area (Å²) < 4.78 is 8.24. The number of likely N-dealkylation sites (N-methyl/N-ethyl adjacent to an activating group) is 1. The van der Waals surface area contributed by atoms with Gasteiger partial charge in [-0.1, -0.05) is 45.4 Å². The summed E-state index contributed by atoms with van der Waals surface area (Å²) in [6.45, 7) is 2.70. The molecule has 0 radical (unpaired) electrons. The number of rotatable bonds is 6. The number of nitrogens with zero attached hydrogens (tertiary/aromatic N) is 4. The molecule has 2 aromatic carbocycles. The van der Waals surface area contributed by atoms with Crippen LogP contribution < -0.4 is 4.74 Å². The zero-order valence-corrected chi connectivity index (χ0v) is 16.2. The van der Waals surface area contributed by atoms with Gasteiger partial charge in [-0.15, -0.1) is 5.10 Å². The minimum atomic E-state index is -0.180. The topological polar surface area (TPSA) is 60.3 Å². The predicted octanol–water partition coefficient (Wildman–Crippen LogP) is 3.49. The molecule has 0 unspecified atom stereocenters. The van der Waals surface area contributed by atoms with Crippen LogP contribution in [-0.4, -0.2) is 46.0 Å². The van der Waals surface area contributed by atoms with Crippen molar-refractivity contribution in [1.82, 2.24) is 19.9 Å². The van der Waals surface area contributed by atoms with E-state index in [1.54, 1.807) is 16.6 Å². The molecule has 0 aliphatic rings. The van der Waals surface area contributed by atoms with Crippen LogP contribution in [0, 0.1) is 6.92 Å². The molecule has 134 valence electrons. The summed E-state index contributed by atoms with van der Waals surface area (Å²) in [6, 6.07) is 17.2. The number of hydrogen-bond acceptors (Lipinski definition) is 4. The molecule has 0 atom stereocenters. The lowest BCUT2D eigenvalue weighted by Crippen LogP contribution is -2.31. The van der Waals surface area contributed by atoms with Crippen LogP contribution in [0.2, 0.25) is 0 Å². The van der Waals surface area contributed by atoms with E-state index in [4.69, 9.17) is 4.74 Å². The maximum atomic E-state index is 12.7. The van der Waals surface area contributed by atoms with Gasteiger partial charge in [-0.3, -0.25) is 4.79 Å². The number of ether oxygens (including phenoxy) is 1. The summed E-state index contributed by atoms with van der Waals surface area (Å²) >= 11 is 3.44. The molecular weight excluding hydrogens is 396 g/mol. The summed E-state index contributed by atoms with van der Waals surface area (Å²) in [7, 11) is 1.73. The number of carbonyl (C=O) groups is 1. The molecular formula is C19H19BrN4O2. The Labute approximate surface area is 160 Å². The second kappa shape index (κ2) is 8.14. The van der Waals surface area contributed by atoms with Crippen LogP contribution in [0.15, 0.2) is 59.1 Å².